The molecule has 3 amide bonds. The number of hydrogen-bond acceptors (Lipinski definition) is 8. The number of halogens is 2. The predicted molar refractivity (Wildman–Crippen MR) is 220 cm³/mol. The Bertz CT molecular complexity index is 2390. The standard InChI is InChI=1S/C44H46ClFN6O5/c1-4-6-38(42(54)48-26-53)49-31-9-10-39(37(46)22-31)51-16-12-27(13-17-51)19-28-7-5-8-29-24-52(18-14-32(28)29)44(56)41-36(45)20-30(21-40(41)57-3)35-25-50(2)43(55)34-23-47-15-11-33(34)35/h5,7-11,15,20-23,25-27,38,49H,4,6,12-14,16-19,24H2,1-3H3,(H,48,53,54). The lowest BCUT2D eigenvalue weighted by atomic mass is 9.85. The van der Waals surface area contributed by atoms with Crippen molar-refractivity contribution in [2.24, 2.45) is 13.0 Å². The van der Waals surface area contributed by atoms with Crippen LogP contribution in [-0.2, 0) is 36.0 Å². The Morgan fingerprint density at radius 1 is 1.09 bits per heavy atom. The molecule has 296 valence electrons. The third kappa shape index (κ3) is 8.23. The molecule has 4 heterocycles. The maximum Gasteiger partial charge on any atom is 0.259 e. The smallest absolute Gasteiger partial charge is 0.259 e. The average molecular weight is 793 g/mol. The summed E-state index contributed by atoms with van der Waals surface area (Å²) in [7, 11) is 3.21. The quantitative estimate of drug-likeness (QED) is 0.131. The molecule has 2 N–H and O–H groups in total. The molecule has 5 aromatic rings. The van der Waals surface area contributed by atoms with Crippen molar-refractivity contribution < 1.29 is 23.5 Å². The number of nitrogens with zero attached hydrogens (tertiary/aromatic N) is 4. The highest BCUT2D eigenvalue weighted by Crippen LogP contribution is 2.38. The zero-order chi connectivity index (χ0) is 40.2. The van der Waals surface area contributed by atoms with E-state index < -0.39 is 11.9 Å². The van der Waals surface area contributed by atoms with Crippen LogP contribution in [0, 0.1) is 11.7 Å². The first-order chi connectivity index (χ1) is 27.6. The lowest BCUT2D eigenvalue weighted by Crippen LogP contribution is -2.39. The van der Waals surface area contributed by atoms with Crippen LogP contribution in [0.25, 0.3) is 21.9 Å². The van der Waals surface area contributed by atoms with Gasteiger partial charge in [-0.05, 0) is 102 Å². The molecule has 13 heteroatoms. The maximum atomic E-state index is 15.4. The highest BCUT2D eigenvalue weighted by molar-refractivity contribution is 6.34. The third-order valence-corrected chi connectivity index (χ3v) is 11.6. The molecule has 57 heavy (non-hydrogen) atoms. The van der Waals surface area contributed by atoms with Crippen molar-refractivity contribution in [3.63, 3.8) is 0 Å². The van der Waals surface area contributed by atoms with Crippen LogP contribution in [0.1, 0.15) is 59.7 Å². The number of rotatable bonds is 12. The van der Waals surface area contributed by atoms with Crippen LogP contribution in [-0.4, -0.2) is 65.5 Å². The van der Waals surface area contributed by atoms with E-state index >= 15 is 4.39 Å². The Kier molecular flexibility index (Phi) is 11.9. The molecule has 0 spiro atoms. The second-order valence-electron chi connectivity index (χ2n) is 14.9. The number of benzene rings is 3. The number of piperidine rings is 1. The van der Waals surface area contributed by atoms with Gasteiger partial charge in [0.25, 0.3) is 11.5 Å². The number of fused-ring (bicyclic) bond motifs is 2. The fourth-order valence-corrected chi connectivity index (χ4v) is 8.61. The summed E-state index contributed by atoms with van der Waals surface area (Å²) in [5, 5.41) is 6.73. The number of nitrogens with one attached hydrogen (secondary N) is 2. The second-order valence-corrected chi connectivity index (χ2v) is 15.3. The van der Waals surface area contributed by atoms with Gasteiger partial charge in [-0.3, -0.25) is 29.5 Å². The number of pyridine rings is 2. The summed E-state index contributed by atoms with van der Waals surface area (Å²) in [5.41, 5.74) is 6.35. The van der Waals surface area contributed by atoms with Gasteiger partial charge in [-0.1, -0.05) is 43.1 Å². The molecule has 11 nitrogen and oxygen atoms in total. The first-order valence-corrected chi connectivity index (χ1v) is 19.7. The second kappa shape index (κ2) is 17.2. The van der Waals surface area contributed by atoms with Crippen molar-refractivity contribution in [3.8, 4) is 16.9 Å². The van der Waals surface area contributed by atoms with Gasteiger partial charge in [0.05, 0.1) is 23.2 Å². The summed E-state index contributed by atoms with van der Waals surface area (Å²) in [6.07, 6.45) is 10.00. The molecular weight excluding hydrogens is 747 g/mol. The molecule has 2 aliphatic rings. The van der Waals surface area contributed by atoms with E-state index in [2.05, 4.69) is 38.7 Å². The zero-order valence-electron chi connectivity index (χ0n) is 32.3. The maximum absolute atomic E-state index is 15.4. The number of carbonyl (C=O) groups is 3. The van der Waals surface area contributed by atoms with E-state index in [9.17, 15) is 19.2 Å². The minimum absolute atomic E-state index is 0.154. The molecule has 1 saturated heterocycles. The number of methoxy groups -OCH3 is 1. The Morgan fingerprint density at radius 3 is 2.63 bits per heavy atom. The third-order valence-electron chi connectivity index (χ3n) is 11.3. The van der Waals surface area contributed by atoms with E-state index in [0.29, 0.717) is 66.3 Å². The van der Waals surface area contributed by atoms with Gasteiger partial charge in [0.2, 0.25) is 12.3 Å². The van der Waals surface area contributed by atoms with Gasteiger partial charge in [-0.25, -0.2) is 4.39 Å². The predicted octanol–water partition coefficient (Wildman–Crippen LogP) is 6.91. The van der Waals surface area contributed by atoms with Crippen LogP contribution in [0.3, 0.4) is 0 Å². The molecule has 7 rings (SSSR count). The Hall–Kier alpha value is -5.75. The topological polar surface area (TPSA) is 126 Å². The molecule has 2 aliphatic heterocycles. The number of amides is 3. The van der Waals surface area contributed by atoms with E-state index in [0.717, 1.165) is 60.8 Å². The molecule has 0 aliphatic carbocycles. The van der Waals surface area contributed by atoms with Crippen LogP contribution in [0.4, 0.5) is 15.8 Å². The first kappa shape index (κ1) is 39.5. The van der Waals surface area contributed by atoms with Crippen LogP contribution >= 0.6 is 11.6 Å². The van der Waals surface area contributed by atoms with Crippen molar-refractivity contribution in [1.82, 2.24) is 19.8 Å². The number of ether oxygens (including phenoxy) is 1. The molecule has 1 atom stereocenters. The van der Waals surface area contributed by atoms with Crippen LogP contribution in [0.5, 0.6) is 5.75 Å². The normalized spacial score (nSPS) is 14.9. The number of aromatic nitrogens is 2. The minimum Gasteiger partial charge on any atom is -0.496 e. The van der Waals surface area contributed by atoms with Crippen molar-refractivity contribution in [2.75, 3.05) is 37.0 Å². The summed E-state index contributed by atoms with van der Waals surface area (Å²) in [5.74, 6) is -0.209. The minimum atomic E-state index is -0.631. The SMILES string of the molecule is CCCC(Nc1ccc(N2CCC(Cc3cccc4c3CCN(C(=O)c3c(Cl)cc(-c5cn(C)c(=O)c6cnccc56)cc3OC)C4)CC2)c(F)c1)C(=O)NC=O. The highest BCUT2D eigenvalue weighted by atomic mass is 35.5. The van der Waals surface area contributed by atoms with Crippen LogP contribution in [0.2, 0.25) is 5.02 Å². The van der Waals surface area contributed by atoms with E-state index in [1.54, 1.807) is 56.0 Å². The number of imide groups is 1. The molecule has 2 aromatic heterocycles. The Labute approximate surface area is 335 Å². The van der Waals surface area contributed by atoms with Crippen LogP contribution < -0.4 is 25.8 Å². The van der Waals surface area contributed by atoms with Gasteiger partial charge in [0.1, 0.15) is 23.2 Å². The molecule has 0 radical (unpaired) electrons. The van der Waals surface area contributed by atoms with Crippen molar-refractivity contribution in [2.45, 2.75) is 58.0 Å². The number of carbonyl (C=O) groups excluding carboxylic acids is 3. The van der Waals surface area contributed by atoms with Crippen molar-refractivity contribution >= 4 is 52.0 Å². The zero-order valence-corrected chi connectivity index (χ0v) is 33.1. The summed E-state index contributed by atoms with van der Waals surface area (Å²) in [4.78, 5) is 58.0. The fraction of sp³-hybridized carbons (Fsp3) is 0.341. The number of aryl methyl sites for hydroxylation is 1. The summed E-state index contributed by atoms with van der Waals surface area (Å²) in [6, 6.07) is 16.0. The molecule has 1 fully saturated rings. The fourth-order valence-electron chi connectivity index (χ4n) is 8.32. The summed E-state index contributed by atoms with van der Waals surface area (Å²) in [6.45, 7) is 4.37. The molecule has 0 bridgehead atoms. The van der Waals surface area contributed by atoms with Gasteiger partial charge in [-0.2, -0.15) is 0 Å². The van der Waals surface area contributed by atoms with E-state index in [4.69, 9.17) is 16.3 Å². The summed E-state index contributed by atoms with van der Waals surface area (Å²) < 4.78 is 22.7. The lowest BCUT2D eigenvalue weighted by molar-refractivity contribution is -0.125. The van der Waals surface area contributed by atoms with Gasteiger partial charge in [0, 0.05) is 63.1 Å². The molecular formula is C44H46ClFN6O5. The van der Waals surface area contributed by atoms with Gasteiger partial charge in [-0.15, -0.1) is 0 Å². The first-order valence-electron chi connectivity index (χ1n) is 19.3. The van der Waals surface area contributed by atoms with E-state index in [1.165, 1.54) is 28.9 Å². The van der Waals surface area contributed by atoms with E-state index in [1.807, 2.05) is 11.8 Å². The lowest BCUT2D eigenvalue weighted by Gasteiger charge is -2.35. The van der Waals surface area contributed by atoms with Gasteiger partial charge in [0.15, 0.2) is 0 Å². The Balaban J connectivity index is 1.01. The molecule has 0 saturated carbocycles. The Morgan fingerprint density at radius 2 is 1.89 bits per heavy atom. The highest BCUT2D eigenvalue weighted by Gasteiger charge is 2.29. The monoisotopic (exact) mass is 792 g/mol. The number of anilines is 2. The largest absolute Gasteiger partial charge is 0.496 e. The summed E-state index contributed by atoms with van der Waals surface area (Å²) >= 11 is 6.89. The molecule has 1 unspecified atom stereocenters. The molecule has 3 aromatic carbocycles. The van der Waals surface area contributed by atoms with Crippen LogP contribution in [0.15, 0.2) is 78.0 Å². The van der Waals surface area contributed by atoms with Crippen molar-refractivity contribution in [3.05, 3.63) is 117 Å². The van der Waals surface area contributed by atoms with Crippen molar-refractivity contribution in [1.29, 1.82) is 0 Å². The number of hydrogen-bond donors (Lipinski definition) is 2. The van der Waals surface area contributed by atoms with Gasteiger partial charge >= 0.3 is 0 Å². The van der Waals surface area contributed by atoms with Gasteiger partial charge < -0.3 is 24.4 Å². The van der Waals surface area contributed by atoms with E-state index in [-0.39, 0.29) is 22.3 Å². The average Bonchev–Trinajstić information content (AvgIpc) is 3.22.